The van der Waals surface area contributed by atoms with Gasteiger partial charge in [0.2, 0.25) is 0 Å². The predicted molar refractivity (Wildman–Crippen MR) is 127 cm³/mol. The second-order valence-electron chi connectivity index (χ2n) is 6.94. The van der Waals surface area contributed by atoms with Gasteiger partial charge in [-0.3, -0.25) is 14.9 Å². The van der Waals surface area contributed by atoms with Gasteiger partial charge in [-0.15, -0.1) is 0 Å². The zero-order chi connectivity index (χ0) is 22.4. The SMILES string of the molecule is COc1ccc(C(=O)NC(=S)Nc2ccccc2C(=O)Nc2ccc(C)c(C)c2)cc1. The highest BCUT2D eigenvalue weighted by atomic mass is 32.1. The van der Waals surface area contributed by atoms with Crippen LogP contribution in [-0.2, 0) is 0 Å². The summed E-state index contributed by atoms with van der Waals surface area (Å²) in [5, 5.41) is 8.54. The van der Waals surface area contributed by atoms with Crippen molar-refractivity contribution in [1.29, 1.82) is 0 Å². The van der Waals surface area contributed by atoms with Gasteiger partial charge < -0.3 is 15.4 Å². The molecule has 0 unspecified atom stereocenters. The molecule has 3 aromatic rings. The van der Waals surface area contributed by atoms with E-state index >= 15 is 0 Å². The molecule has 0 radical (unpaired) electrons. The third-order valence-corrected chi connectivity index (χ3v) is 4.97. The minimum atomic E-state index is -0.364. The van der Waals surface area contributed by atoms with E-state index in [4.69, 9.17) is 17.0 Å². The topological polar surface area (TPSA) is 79.5 Å². The number of benzene rings is 3. The van der Waals surface area contributed by atoms with Gasteiger partial charge >= 0.3 is 0 Å². The fourth-order valence-electron chi connectivity index (χ4n) is 2.88. The van der Waals surface area contributed by atoms with Crippen molar-refractivity contribution in [2.24, 2.45) is 0 Å². The van der Waals surface area contributed by atoms with Crippen molar-refractivity contribution in [3.8, 4) is 5.75 Å². The molecule has 3 aromatic carbocycles. The Kier molecular flexibility index (Phi) is 6.99. The largest absolute Gasteiger partial charge is 0.497 e. The van der Waals surface area contributed by atoms with E-state index in [1.54, 1.807) is 55.6 Å². The van der Waals surface area contributed by atoms with E-state index in [9.17, 15) is 9.59 Å². The van der Waals surface area contributed by atoms with E-state index in [1.165, 1.54) is 0 Å². The molecule has 0 aliphatic carbocycles. The van der Waals surface area contributed by atoms with Gasteiger partial charge in [-0.25, -0.2) is 0 Å². The molecule has 6 nitrogen and oxygen atoms in total. The van der Waals surface area contributed by atoms with Crippen LogP contribution in [0.15, 0.2) is 66.7 Å². The fraction of sp³-hybridized carbons (Fsp3) is 0.125. The minimum absolute atomic E-state index is 0.0900. The van der Waals surface area contributed by atoms with Crippen molar-refractivity contribution < 1.29 is 14.3 Å². The Hall–Kier alpha value is -3.71. The first-order valence-corrected chi connectivity index (χ1v) is 10.0. The number of carbonyl (C=O) groups excluding carboxylic acids is 2. The number of thiocarbonyl (C=S) groups is 1. The van der Waals surface area contributed by atoms with Gasteiger partial charge in [0.05, 0.1) is 18.4 Å². The Labute approximate surface area is 186 Å². The van der Waals surface area contributed by atoms with Crippen LogP contribution in [0, 0.1) is 13.8 Å². The summed E-state index contributed by atoms with van der Waals surface area (Å²) in [6.07, 6.45) is 0. The van der Waals surface area contributed by atoms with Gasteiger partial charge in [0.15, 0.2) is 5.11 Å². The molecular weight excluding hydrogens is 410 g/mol. The Morgan fingerprint density at radius 1 is 0.839 bits per heavy atom. The van der Waals surface area contributed by atoms with E-state index < -0.39 is 0 Å². The molecule has 0 bridgehead atoms. The normalized spacial score (nSPS) is 10.2. The second-order valence-corrected chi connectivity index (χ2v) is 7.34. The molecule has 3 N–H and O–H groups in total. The Balaban J connectivity index is 1.68. The Bertz CT molecular complexity index is 1130. The van der Waals surface area contributed by atoms with Crippen LogP contribution in [0.1, 0.15) is 31.8 Å². The summed E-state index contributed by atoms with van der Waals surface area (Å²) in [4.78, 5) is 25.2. The van der Waals surface area contributed by atoms with Gasteiger partial charge in [0.25, 0.3) is 11.8 Å². The molecule has 0 aliphatic rings. The lowest BCUT2D eigenvalue weighted by Gasteiger charge is -2.14. The first-order valence-electron chi connectivity index (χ1n) is 9.61. The average molecular weight is 434 g/mol. The molecule has 0 fully saturated rings. The number of methoxy groups -OCH3 is 1. The number of carbonyl (C=O) groups is 2. The molecule has 0 atom stereocenters. The molecule has 0 saturated heterocycles. The lowest BCUT2D eigenvalue weighted by molar-refractivity contribution is 0.0976. The van der Waals surface area contributed by atoms with Crippen LogP contribution in [-0.4, -0.2) is 24.0 Å². The Morgan fingerprint density at radius 3 is 2.23 bits per heavy atom. The molecule has 31 heavy (non-hydrogen) atoms. The second kappa shape index (κ2) is 9.86. The van der Waals surface area contributed by atoms with E-state index in [1.807, 2.05) is 32.0 Å². The van der Waals surface area contributed by atoms with Crippen LogP contribution in [0.4, 0.5) is 11.4 Å². The van der Waals surface area contributed by atoms with E-state index in [0.29, 0.717) is 28.3 Å². The number of hydrogen-bond donors (Lipinski definition) is 3. The standard InChI is InChI=1S/C24H23N3O3S/c1-15-8-11-18(14-16(15)2)25-23(29)20-6-4-5-7-21(20)26-24(31)27-22(28)17-9-12-19(30-3)13-10-17/h4-14H,1-3H3,(H,25,29)(H2,26,27,28,31). The van der Waals surface area contributed by atoms with Gasteiger partial charge in [0.1, 0.15) is 5.75 Å². The van der Waals surface area contributed by atoms with Crippen molar-refractivity contribution >= 4 is 40.5 Å². The summed E-state index contributed by atoms with van der Waals surface area (Å²) in [5.74, 6) is 0.00816. The van der Waals surface area contributed by atoms with Crippen molar-refractivity contribution in [3.05, 3.63) is 89.0 Å². The highest BCUT2D eigenvalue weighted by Crippen LogP contribution is 2.19. The van der Waals surface area contributed by atoms with Crippen LogP contribution in [0.25, 0.3) is 0 Å². The third-order valence-electron chi connectivity index (χ3n) is 4.76. The monoisotopic (exact) mass is 433 g/mol. The number of aryl methyl sites for hydroxylation is 2. The number of rotatable bonds is 5. The van der Waals surface area contributed by atoms with Gasteiger partial charge in [0, 0.05) is 11.3 Å². The molecule has 0 aromatic heterocycles. The van der Waals surface area contributed by atoms with Crippen molar-refractivity contribution in [3.63, 3.8) is 0 Å². The smallest absolute Gasteiger partial charge is 0.257 e. The van der Waals surface area contributed by atoms with Gasteiger partial charge in [-0.2, -0.15) is 0 Å². The quantitative estimate of drug-likeness (QED) is 0.509. The molecule has 3 rings (SSSR count). The summed E-state index contributed by atoms with van der Waals surface area (Å²) in [5.41, 5.74) is 4.28. The summed E-state index contributed by atoms with van der Waals surface area (Å²) < 4.78 is 5.09. The number of hydrogen-bond acceptors (Lipinski definition) is 4. The third kappa shape index (κ3) is 5.67. The van der Waals surface area contributed by atoms with Crippen LogP contribution in [0.3, 0.4) is 0 Å². The van der Waals surface area contributed by atoms with Gasteiger partial charge in [-0.05, 0) is 85.7 Å². The zero-order valence-corrected chi connectivity index (χ0v) is 18.3. The minimum Gasteiger partial charge on any atom is -0.497 e. The summed E-state index contributed by atoms with van der Waals surface area (Å²) in [7, 11) is 1.56. The summed E-state index contributed by atoms with van der Waals surface area (Å²) in [6, 6.07) is 19.4. The molecule has 0 spiro atoms. The lowest BCUT2D eigenvalue weighted by Crippen LogP contribution is -2.34. The van der Waals surface area contributed by atoms with E-state index in [-0.39, 0.29) is 16.9 Å². The first-order chi connectivity index (χ1) is 14.9. The number of amides is 2. The first kappa shape index (κ1) is 22.0. The molecule has 158 valence electrons. The van der Waals surface area contributed by atoms with Crippen LogP contribution in [0.5, 0.6) is 5.75 Å². The molecule has 2 amide bonds. The number of ether oxygens (including phenoxy) is 1. The van der Waals surface area contributed by atoms with Crippen LogP contribution in [0.2, 0.25) is 0 Å². The molecule has 0 aliphatic heterocycles. The predicted octanol–water partition coefficient (Wildman–Crippen LogP) is 4.69. The van der Waals surface area contributed by atoms with Crippen molar-refractivity contribution in [1.82, 2.24) is 5.32 Å². The van der Waals surface area contributed by atoms with Crippen molar-refractivity contribution in [2.45, 2.75) is 13.8 Å². The van der Waals surface area contributed by atoms with E-state index in [0.717, 1.165) is 11.1 Å². The number of anilines is 2. The number of nitrogens with one attached hydrogen (secondary N) is 3. The van der Waals surface area contributed by atoms with Crippen LogP contribution < -0.4 is 20.7 Å². The summed E-state index contributed by atoms with van der Waals surface area (Å²) >= 11 is 5.27. The van der Waals surface area contributed by atoms with Crippen molar-refractivity contribution in [2.75, 3.05) is 17.7 Å². The highest BCUT2D eigenvalue weighted by molar-refractivity contribution is 7.80. The maximum Gasteiger partial charge on any atom is 0.257 e. The summed E-state index contributed by atoms with van der Waals surface area (Å²) in [6.45, 7) is 4.01. The van der Waals surface area contributed by atoms with Gasteiger partial charge in [-0.1, -0.05) is 18.2 Å². The lowest BCUT2D eigenvalue weighted by atomic mass is 10.1. The average Bonchev–Trinajstić information content (AvgIpc) is 2.76. The molecular formula is C24H23N3O3S. The maximum atomic E-state index is 12.8. The number of para-hydroxylation sites is 1. The molecule has 7 heteroatoms. The fourth-order valence-corrected chi connectivity index (χ4v) is 3.08. The maximum absolute atomic E-state index is 12.8. The highest BCUT2D eigenvalue weighted by Gasteiger charge is 2.14. The molecule has 0 heterocycles. The molecule has 0 saturated carbocycles. The Morgan fingerprint density at radius 2 is 1.55 bits per heavy atom. The zero-order valence-electron chi connectivity index (χ0n) is 17.5. The van der Waals surface area contributed by atoms with E-state index in [2.05, 4.69) is 16.0 Å². The van der Waals surface area contributed by atoms with Crippen LogP contribution >= 0.6 is 12.2 Å².